The Balaban J connectivity index is 2.12. The Kier molecular flexibility index (Phi) is 4.72. The molecule has 1 aliphatic rings. The third kappa shape index (κ3) is 3.95. The Morgan fingerprint density at radius 2 is 2.14 bits per heavy atom. The van der Waals surface area contributed by atoms with Crippen LogP contribution in [0.4, 0.5) is 0 Å². The predicted octanol–water partition coefficient (Wildman–Crippen LogP) is 0.249. The number of aromatic nitrogens is 1. The monoisotopic (exact) mass is 327 g/mol. The van der Waals surface area contributed by atoms with Crippen LogP contribution in [-0.2, 0) is 10.0 Å². The molecular formula is C14H21N3O4S. The average molecular weight is 327 g/mol. The number of amides is 1. The molecule has 1 aromatic heterocycles. The van der Waals surface area contributed by atoms with Crippen LogP contribution in [0, 0.1) is 5.92 Å². The molecule has 2 rings (SSSR count). The summed E-state index contributed by atoms with van der Waals surface area (Å²) in [6.07, 6.45) is 0.574. The Morgan fingerprint density at radius 1 is 1.45 bits per heavy atom. The highest BCUT2D eigenvalue weighted by Gasteiger charge is 2.30. The number of H-pyrrole nitrogens is 1. The molecule has 0 aromatic carbocycles. The van der Waals surface area contributed by atoms with Crippen LogP contribution >= 0.6 is 0 Å². The fourth-order valence-corrected chi connectivity index (χ4v) is 3.58. The highest BCUT2D eigenvalue weighted by molar-refractivity contribution is 7.89. The summed E-state index contributed by atoms with van der Waals surface area (Å²) in [7, 11) is -3.55. The number of primary sulfonamides is 1. The van der Waals surface area contributed by atoms with Crippen LogP contribution in [0.1, 0.15) is 42.2 Å². The zero-order valence-corrected chi connectivity index (χ0v) is 13.5. The van der Waals surface area contributed by atoms with Gasteiger partial charge in [-0.3, -0.25) is 9.59 Å². The van der Waals surface area contributed by atoms with E-state index in [1.54, 1.807) is 6.07 Å². The van der Waals surface area contributed by atoms with Gasteiger partial charge in [0.15, 0.2) is 0 Å². The van der Waals surface area contributed by atoms with Gasteiger partial charge in [0.1, 0.15) is 5.56 Å². The number of pyridine rings is 1. The van der Waals surface area contributed by atoms with Crippen LogP contribution in [0.25, 0.3) is 0 Å². The van der Waals surface area contributed by atoms with E-state index in [0.29, 0.717) is 19.5 Å². The van der Waals surface area contributed by atoms with Crippen molar-refractivity contribution in [2.75, 3.05) is 18.8 Å². The SMILES string of the molecule is CC(C)c1ccc(C(=O)N2CC[C@H](CS(N)(=O)=O)C2)c(=O)[nH]1. The first-order valence-electron chi connectivity index (χ1n) is 7.20. The molecule has 22 heavy (non-hydrogen) atoms. The third-order valence-electron chi connectivity index (χ3n) is 3.83. The van der Waals surface area contributed by atoms with Crippen molar-refractivity contribution in [2.45, 2.75) is 26.2 Å². The Bertz CT molecular complexity index is 724. The van der Waals surface area contributed by atoms with Crippen molar-refractivity contribution < 1.29 is 13.2 Å². The van der Waals surface area contributed by atoms with Gasteiger partial charge >= 0.3 is 0 Å². The van der Waals surface area contributed by atoms with Crippen LogP contribution < -0.4 is 10.7 Å². The lowest BCUT2D eigenvalue weighted by Gasteiger charge is -2.16. The second-order valence-corrected chi connectivity index (χ2v) is 7.71. The molecule has 0 bridgehead atoms. The van der Waals surface area contributed by atoms with Crippen molar-refractivity contribution in [3.8, 4) is 0 Å². The van der Waals surface area contributed by atoms with Crippen LogP contribution in [0.15, 0.2) is 16.9 Å². The number of carbonyl (C=O) groups is 1. The standard InChI is InChI=1S/C14H21N3O4S/c1-9(2)12-4-3-11(13(18)16-12)14(19)17-6-5-10(7-17)8-22(15,20)21/h3-4,9-10H,5-8H2,1-2H3,(H,16,18)(H2,15,20,21)/t10-/m0/s1. The average Bonchev–Trinajstić information content (AvgIpc) is 2.83. The molecule has 1 amide bonds. The molecule has 1 aliphatic heterocycles. The molecule has 2 heterocycles. The number of carbonyl (C=O) groups excluding carboxylic acids is 1. The van der Waals surface area contributed by atoms with Gasteiger partial charge in [0.05, 0.1) is 5.75 Å². The van der Waals surface area contributed by atoms with Crippen molar-refractivity contribution in [1.82, 2.24) is 9.88 Å². The number of hydrogen-bond donors (Lipinski definition) is 2. The first kappa shape index (κ1) is 16.7. The Hall–Kier alpha value is -1.67. The summed E-state index contributed by atoms with van der Waals surface area (Å²) in [5.74, 6) is -0.511. The van der Waals surface area contributed by atoms with Gasteiger partial charge in [0.2, 0.25) is 10.0 Å². The summed E-state index contributed by atoms with van der Waals surface area (Å²) in [4.78, 5) is 28.6. The minimum Gasteiger partial charge on any atom is -0.338 e. The van der Waals surface area contributed by atoms with Crippen molar-refractivity contribution in [2.24, 2.45) is 11.1 Å². The molecule has 8 heteroatoms. The van der Waals surface area contributed by atoms with Gasteiger partial charge in [-0.05, 0) is 30.4 Å². The summed E-state index contributed by atoms with van der Waals surface area (Å²) in [5.41, 5.74) is 0.446. The van der Waals surface area contributed by atoms with Gasteiger partial charge < -0.3 is 9.88 Å². The lowest BCUT2D eigenvalue weighted by atomic mass is 10.1. The van der Waals surface area contributed by atoms with Crippen molar-refractivity contribution in [3.05, 3.63) is 33.7 Å². The number of likely N-dealkylation sites (tertiary alicyclic amines) is 1. The molecule has 1 saturated heterocycles. The molecule has 7 nitrogen and oxygen atoms in total. The fraction of sp³-hybridized carbons (Fsp3) is 0.571. The lowest BCUT2D eigenvalue weighted by Crippen LogP contribution is -2.34. The molecule has 1 fully saturated rings. The normalized spacial score (nSPS) is 18.9. The summed E-state index contributed by atoms with van der Waals surface area (Å²) >= 11 is 0. The molecule has 3 N–H and O–H groups in total. The molecule has 0 radical (unpaired) electrons. The first-order chi connectivity index (χ1) is 10.2. The molecular weight excluding hydrogens is 306 g/mol. The summed E-state index contributed by atoms with van der Waals surface area (Å²) in [6, 6.07) is 3.26. The van der Waals surface area contributed by atoms with Crippen molar-refractivity contribution in [3.63, 3.8) is 0 Å². The van der Waals surface area contributed by atoms with E-state index in [0.717, 1.165) is 5.69 Å². The largest absolute Gasteiger partial charge is 0.338 e. The maximum absolute atomic E-state index is 12.4. The second-order valence-electron chi connectivity index (χ2n) is 6.05. The van der Waals surface area contributed by atoms with Gasteiger partial charge in [-0.1, -0.05) is 13.8 Å². The number of nitrogens with zero attached hydrogens (tertiary/aromatic N) is 1. The maximum Gasteiger partial charge on any atom is 0.261 e. The number of nitrogens with one attached hydrogen (secondary N) is 1. The molecule has 1 atom stereocenters. The van der Waals surface area contributed by atoms with E-state index in [1.807, 2.05) is 13.8 Å². The van der Waals surface area contributed by atoms with Crippen LogP contribution in [0.2, 0.25) is 0 Å². The van der Waals surface area contributed by atoms with Crippen molar-refractivity contribution >= 4 is 15.9 Å². The quantitative estimate of drug-likeness (QED) is 0.825. The number of aromatic amines is 1. The first-order valence-corrected chi connectivity index (χ1v) is 8.92. The third-order valence-corrected chi connectivity index (χ3v) is 4.76. The molecule has 0 unspecified atom stereocenters. The number of nitrogens with two attached hydrogens (primary N) is 1. The number of hydrogen-bond acceptors (Lipinski definition) is 4. The van der Waals surface area contributed by atoms with Gasteiger partial charge in [0.25, 0.3) is 11.5 Å². The zero-order valence-electron chi connectivity index (χ0n) is 12.7. The van der Waals surface area contributed by atoms with E-state index >= 15 is 0 Å². The summed E-state index contributed by atoms with van der Waals surface area (Å²) in [5, 5.41) is 5.03. The second kappa shape index (κ2) is 6.21. The Morgan fingerprint density at radius 3 is 2.68 bits per heavy atom. The Labute approximate surface area is 129 Å². The van der Waals surface area contributed by atoms with Crippen molar-refractivity contribution in [1.29, 1.82) is 0 Å². The van der Waals surface area contributed by atoms with Gasteiger partial charge in [0, 0.05) is 18.8 Å². The molecule has 0 spiro atoms. The van der Waals surface area contributed by atoms with E-state index < -0.39 is 15.6 Å². The topological polar surface area (TPSA) is 113 Å². The van der Waals surface area contributed by atoms with Gasteiger partial charge in [-0.25, -0.2) is 13.6 Å². The lowest BCUT2D eigenvalue weighted by molar-refractivity contribution is 0.0786. The van der Waals surface area contributed by atoms with E-state index in [2.05, 4.69) is 4.98 Å². The highest BCUT2D eigenvalue weighted by atomic mass is 32.2. The van der Waals surface area contributed by atoms with E-state index in [9.17, 15) is 18.0 Å². The number of sulfonamides is 1. The van der Waals surface area contributed by atoms with Crippen LogP contribution in [0.3, 0.4) is 0 Å². The number of rotatable bonds is 4. The zero-order chi connectivity index (χ0) is 16.5. The minimum atomic E-state index is -3.55. The molecule has 1 aromatic rings. The smallest absolute Gasteiger partial charge is 0.261 e. The molecule has 0 saturated carbocycles. The van der Waals surface area contributed by atoms with E-state index in [-0.39, 0.29) is 29.1 Å². The van der Waals surface area contributed by atoms with E-state index in [1.165, 1.54) is 11.0 Å². The van der Waals surface area contributed by atoms with Crippen LogP contribution in [-0.4, -0.2) is 43.1 Å². The molecule has 122 valence electrons. The minimum absolute atomic E-state index is 0.0839. The van der Waals surface area contributed by atoms with Gasteiger partial charge in [-0.15, -0.1) is 0 Å². The van der Waals surface area contributed by atoms with E-state index in [4.69, 9.17) is 5.14 Å². The summed E-state index contributed by atoms with van der Waals surface area (Å²) < 4.78 is 22.2. The predicted molar refractivity (Wildman–Crippen MR) is 83.1 cm³/mol. The highest BCUT2D eigenvalue weighted by Crippen LogP contribution is 2.19. The maximum atomic E-state index is 12.4. The summed E-state index contributed by atoms with van der Waals surface area (Å²) in [6.45, 7) is 4.64. The van der Waals surface area contributed by atoms with Crippen LogP contribution in [0.5, 0.6) is 0 Å². The fourth-order valence-electron chi connectivity index (χ4n) is 2.65. The molecule has 0 aliphatic carbocycles. The van der Waals surface area contributed by atoms with Gasteiger partial charge in [-0.2, -0.15) is 0 Å².